The second kappa shape index (κ2) is 7.10. The van der Waals surface area contributed by atoms with Crippen LogP contribution in [0.5, 0.6) is 0 Å². The van der Waals surface area contributed by atoms with Crippen LogP contribution < -0.4 is 0 Å². The second-order valence-corrected chi connectivity index (χ2v) is 6.38. The van der Waals surface area contributed by atoms with Gasteiger partial charge in [-0.3, -0.25) is 14.4 Å². The Morgan fingerprint density at radius 2 is 1.83 bits per heavy atom. The molecular weight excluding hydrogens is 325 g/mol. The highest BCUT2D eigenvalue weighted by atomic mass is 19.4. The van der Waals surface area contributed by atoms with E-state index in [0.29, 0.717) is 32.7 Å². The lowest BCUT2D eigenvalue weighted by Gasteiger charge is -2.35. The summed E-state index contributed by atoms with van der Waals surface area (Å²) in [5.41, 5.74) is -1.39. The number of aromatic nitrogens is 2. The number of carbonyl (C=O) groups excluding carboxylic acids is 1. The summed E-state index contributed by atoms with van der Waals surface area (Å²) in [6.45, 7) is 7.04. The van der Waals surface area contributed by atoms with Crippen LogP contribution in [0.25, 0.3) is 0 Å². The van der Waals surface area contributed by atoms with E-state index in [1.807, 2.05) is 4.90 Å². The topological polar surface area (TPSA) is 61.6 Å². The van der Waals surface area contributed by atoms with E-state index in [4.69, 9.17) is 0 Å². The molecular formula is C15H23F3N4O2. The molecule has 1 N–H and O–H groups in total. The molecule has 2 heterocycles. The molecule has 1 aliphatic rings. The molecule has 2 rings (SSSR count). The van der Waals surface area contributed by atoms with E-state index in [-0.39, 0.29) is 0 Å². The van der Waals surface area contributed by atoms with E-state index in [2.05, 4.69) is 5.10 Å². The molecule has 1 saturated heterocycles. The Labute approximate surface area is 138 Å². The average molecular weight is 348 g/mol. The van der Waals surface area contributed by atoms with Crippen LogP contribution in [0, 0.1) is 0 Å². The van der Waals surface area contributed by atoms with Crippen LogP contribution in [0.15, 0.2) is 6.20 Å². The number of hydrogen-bond acceptors (Lipinski definition) is 4. The van der Waals surface area contributed by atoms with Gasteiger partial charge in [0.2, 0.25) is 0 Å². The molecule has 24 heavy (non-hydrogen) atoms. The Balaban J connectivity index is 2.17. The van der Waals surface area contributed by atoms with Gasteiger partial charge in [-0.05, 0) is 20.8 Å². The van der Waals surface area contributed by atoms with Crippen LogP contribution in [0.3, 0.4) is 0 Å². The highest BCUT2D eigenvalue weighted by molar-refractivity contribution is 5.95. The Bertz CT molecular complexity index is 576. The zero-order valence-electron chi connectivity index (χ0n) is 14.0. The highest BCUT2D eigenvalue weighted by Gasteiger charge is 2.41. The summed E-state index contributed by atoms with van der Waals surface area (Å²) in [5, 5.41) is 13.1. The van der Waals surface area contributed by atoms with Crippen molar-refractivity contribution in [2.75, 3.05) is 32.7 Å². The molecule has 0 spiro atoms. The van der Waals surface area contributed by atoms with Gasteiger partial charge in [0, 0.05) is 38.8 Å². The average Bonchev–Trinajstić information content (AvgIpc) is 2.92. The van der Waals surface area contributed by atoms with Crippen molar-refractivity contribution in [2.45, 2.75) is 39.1 Å². The number of halogens is 3. The molecule has 0 aromatic carbocycles. The van der Waals surface area contributed by atoms with Gasteiger partial charge in [0.05, 0.1) is 17.9 Å². The fourth-order valence-corrected chi connectivity index (χ4v) is 2.87. The molecule has 1 fully saturated rings. The molecule has 1 aromatic rings. The van der Waals surface area contributed by atoms with Crippen LogP contribution in [-0.2, 0) is 6.18 Å². The minimum Gasteiger partial charge on any atom is -0.392 e. The van der Waals surface area contributed by atoms with Gasteiger partial charge in [-0.15, -0.1) is 0 Å². The van der Waals surface area contributed by atoms with E-state index < -0.39 is 35.5 Å². The molecule has 0 radical (unpaired) electrons. The van der Waals surface area contributed by atoms with Gasteiger partial charge >= 0.3 is 6.18 Å². The summed E-state index contributed by atoms with van der Waals surface area (Å²) < 4.78 is 40.9. The van der Waals surface area contributed by atoms with Crippen LogP contribution in [0.4, 0.5) is 13.2 Å². The lowest BCUT2D eigenvalue weighted by molar-refractivity contribution is -0.145. The number of aliphatic hydroxyl groups excluding tert-OH is 1. The normalized spacial score (nSPS) is 18.2. The van der Waals surface area contributed by atoms with E-state index in [9.17, 15) is 23.1 Å². The molecule has 9 heteroatoms. The number of nitrogens with zero attached hydrogens (tertiary/aromatic N) is 4. The standard InChI is InChI=1S/C15H23F3N4O2/c1-10(2)22-13(15(16,17)18)12(8-19-22)14(24)21-6-4-20(5-7-21)9-11(3)23/h8,10-11,23H,4-7,9H2,1-3H3/t11-/m0/s1. The van der Waals surface area contributed by atoms with Gasteiger partial charge in [-0.2, -0.15) is 18.3 Å². The van der Waals surface area contributed by atoms with Crippen molar-refractivity contribution in [3.63, 3.8) is 0 Å². The molecule has 0 aliphatic carbocycles. The number of alkyl halides is 3. The number of β-amino-alcohol motifs (C(OH)–C–C–N with tert-alkyl or cyclic N) is 1. The predicted octanol–water partition coefficient (Wildman–Crippen LogP) is 1.62. The smallest absolute Gasteiger partial charge is 0.392 e. The zero-order chi connectivity index (χ0) is 18.1. The molecule has 136 valence electrons. The molecule has 1 aromatic heterocycles. The molecule has 0 unspecified atom stereocenters. The maximum atomic E-state index is 13.4. The maximum Gasteiger partial charge on any atom is 0.433 e. The third-order valence-corrected chi connectivity index (χ3v) is 3.97. The van der Waals surface area contributed by atoms with Crippen LogP contribution in [0.2, 0.25) is 0 Å². The van der Waals surface area contributed by atoms with Gasteiger partial charge in [-0.1, -0.05) is 0 Å². The molecule has 1 atom stereocenters. The quantitative estimate of drug-likeness (QED) is 0.898. The van der Waals surface area contributed by atoms with Crippen molar-refractivity contribution in [1.82, 2.24) is 19.6 Å². The number of piperazine rings is 1. The van der Waals surface area contributed by atoms with Gasteiger partial charge in [0.25, 0.3) is 5.91 Å². The molecule has 0 saturated carbocycles. The maximum absolute atomic E-state index is 13.4. The first kappa shape index (κ1) is 18.7. The Morgan fingerprint density at radius 3 is 2.29 bits per heavy atom. The number of hydrogen-bond donors (Lipinski definition) is 1. The molecule has 1 aliphatic heterocycles. The number of amides is 1. The van der Waals surface area contributed by atoms with Crippen molar-refractivity contribution in [3.8, 4) is 0 Å². The monoisotopic (exact) mass is 348 g/mol. The Kier molecular flexibility index (Phi) is 5.54. The first-order valence-corrected chi connectivity index (χ1v) is 7.95. The van der Waals surface area contributed by atoms with E-state index in [1.54, 1.807) is 20.8 Å². The molecule has 1 amide bonds. The van der Waals surface area contributed by atoms with E-state index in [0.717, 1.165) is 10.9 Å². The number of aliphatic hydroxyl groups is 1. The van der Waals surface area contributed by atoms with Crippen molar-refractivity contribution in [1.29, 1.82) is 0 Å². The zero-order valence-corrected chi connectivity index (χ0v) is 14.0. The van der Waals surface area contributed by atoms with Crippen LogP contribution >= 0.6 is 0 Å². The fourth-order valence-electron chi connectivity index (χ4n) is 2.87. The predicted molar refractivity (Wildman–Crippen MR) is 81.6 cm³/mol. The van der Waals surface area contributed by atoms with Gasteiger partial charge in [0.15, 0.2) is 5.69 Å². The summed E-state index contributed by atoms with van der Waals surface area (Å²) in [7, 11) is 0. The van der Waals surface area contributed by atoms with Gasteiger partial charge in [-0.25, -0.2) is 0 Å². The van der Waals surface area contributed by atoms with Crippen molar-refractivity contribution >= 4 is 5.91 Å². The number of carbonyl (C=O) groups is 1. The van der Waals surface area contributed by atoms with E-state index in [1.165, 1.54) is 4.90 Å². The fraction of sp³-hybridized carbons (Fsp3) is 0.733. The molecule has 6 nitrogen and oxygen atoms in total. The SMILES string of the molecule is CC(C)n1ncc(C(=O)N2CCN(C[C@H](C)O)CC2)c1C(F)(F)F. The van der Waals surface area contributed by atoms with Gasteiger partial charge in [0.1, 0.15) is 0 Å². The summed E-state index contributed by atoms with van der Waals surface area (Å²) in [6, 6.07) is -0.494. The third kappa shape index (κ3) is 4.07. The first-order chi connectivity index (χ1) is 11.1. The summed E-state index contributed by atoms with van der Waals surface area (Å²) in [5.74, 6) is -0.647. The Hall–Kier alpha value is -1.61. The van der Waals surface area contributed by atoms with Crippen LogP contribution in [0.1, 0.15) is 42.9 Å². The minimum absolute atomic E-state index is 0.329. The third-order valence-electron chi connectivity index (χ3n) is 3.97. The lowest BCUT2D eigenvalue weighted by atomic mass is 10.1. The van der Waals surface area contributed by atoms with Crippen LogP contribution in [-0.4, -0.2) is 69.4 Å². The van der Waals surface area contributed by atoms with Crippen molar-refractivity contribution < 1.29 is 23.1 Å². The highest BCUT2D eigenvalue weighted by Crippen LogP contribution is 2.34. The van der Waals surface area contributed by atoms with Crippen molar-refractivity contribution in [3.05, 3.63) is 17.5 Å². The second-order valence-electron chi connectivity index (χ2n) is 6.38. The van der Waals surface area contributed by atoms with E-state index >= 15 is 0 Å². The first-order valence-electron chi connectivity index (χ1n) is 7.95. The van der Waals surface area contributed by atoms with Crippen molar-refractivity contribution in [2.24, 2.45) is 0 Å². The largest absolute Gasteiger partial charge is 0.433 e. The summed E-state index contributed by atoms with van der Waals surface area (Å²) in [6.07, 6.45) is -4.11. The Morgan fingerprint density at radius 1 is 1.25 bits per heavy atom. The summed E-state index contributed by atoms with van der Waals surface area (Å²) in [4.78, 5) is 15.9. The van der Waals surface area contributed by atoms with Gasteiger partial charge < -0.3 is 10.0 Å². The number of rotatable bonds is 4. The minimum atomic E-state index is -4.64. The molecule has 0 bridgehead atoms. The lowest BCUT2D eigenvalue weighted by Crippen LogP contribution is -2.50. The summed E-state index contributed by atoms with van der Waals surface area (Å²) >= 11 is 0.